The number of rotatable bonds is 7. The second-order valence-electron chi connectivity index (χ2n) is 7.50. The molecule has 0 aliphatic rings. The Bertz CT molecular complexity index is 1350. The van der Waals surface area contributed by atoms with Crippen LogP contribution in [0.4, 0.5) is 0 Å². The van der Waals surface area contributed by atoms with E-state index in [9.17, 15) is 0 Å². The zero-order chi connectivity index (χ0) is 21.4. The molecule has 0 spiro atoms. The van der Waals surface area contributed by atoms with E-state index in [2.05, 4.69) is 35.7 Å². The van der Waals surface area contributed by atoms with Gasteiger partial charge in [0.05, 0.1) is 12.7 Å². The summed E-state index contributed by atoms with van der Waals surface area (Å²) in [7, 11) is 4.04. The molecule has 31 heavy (non-hydrogen) atoms. The van der Waals surface area contributed by atoms with Crippen LogP contribution in [0.1, 0.15) is 11.5 Å². The highest BCUT2D eigenvalue weighted by molar-refractivity contribution is 5.96. The summed E-state index contributed by atoms with van der Waals surface area (Å²) in [5, 5.41) is 27.3. The molecule has 0 radical (unpaired) electrons. The predicted octanol–water partition coefficient (Wildman–Crippen LogP) is 1.97. The fourth-order valence-electron chi connectivity index (χ4n) is 3.25. The highest BCUT2D eigenvalue weighted by Crippen LogP contribution is 2.29. The number of aromatic nitrogens is 8. The third-order valence-corrected chi connectivity index (χ3v) is 4.81. The van der Waals surface area contributed by atoms with E-state index >= 15 is 0 Å². The van der Waals surface area contributed by atoms with Gasteiger partial charge >= 0.3 is 0 Å². The Balaban J connectivity index is 1.49. The summed E-state index contributed by atoms with van der Waals surface area (Å²) < 4.78 is 14.7. The summed E-state index contributed by atoms with van der Waals surface area (Å²) in [4.78, 5) is 2.09. The van der Waals surface area contributed by atoms with Crippen molar-refractivity contribution in [3.05, 3.63) is 48.0 Å². The van der Waals surface area contributed by atoms with Crippen molar-refractivity contribution >= 4 is 16.4 Å². The molecular formula is C20H21N9O2. The number of nitrogens with zero attached hydrogens (tertiary/aromatic N) is 9. The van der Waals surface area contributed by atoms with Gasteiger partial charge in [-0.25, -0.2) is 0 Å². The van der Waals surface area contributed by atoms with Gasteiger partial charge in [-0.15, -0.1) is 20.4 Å². The fraction of sp³-hybridized carbons (Fsp3) is 0.300. The van der Waals surface area contributed by atoms with Crippen molar-refractivity contribution in [2.45, 2.75) is 20.1 Å². The Kier molecular flexibility index (Phi) is 4.79. The van der Waals surface area contributed by atoms with Gasteiger partial charge in [-0.2, -0.15) is 4.52 Å². The first-order chi connectivity index (χ1) is 15.1. The van der Waals surface area contributed by atoms with Crippen molar-refractivity contribution in [3.8, 4) is 17.4 Å². The van der Waals surface area contributed by atoms with Crippen molar-refractivity contribution in [1.82, 2.24) is 44.9 Å². The molecule has 0 unspecified atom stereocenters. The number of hydrogen-bond acceptors (Lipinski definition) is 9. The lowest BCUT2D eigenvalue weighted by Gasteiger charge is -2.09. The quantitative estimate of drug-likeness (QED) is 0.391. The summed E-state index contributed by atoms with van der Waals surface area (Å²) in [6, 6.07) is 9.57. The smallest absolute Gasteiger partial charge is 0.240 e. The predicted molar refractivity (Wildman–Crippen MR) is 111 cm³/mol. The second kappa shape index (κ2) is 7.76. The van der Waals surface area contributed by atoms with E-state index in [1.54, 1.807) is 15.3 Å². The molecule has 0 aliphatic heterocycles. The van der Waals surface area contributed by atoms with Gasteiger partial charge < -0.3 is 14.2 Å². The van der Waals surface area contributed by atoms with Gasteiger partial charge in [0.25, 0.3) is 0 Å². The van der Waals surface area contributed by atoms with Crippen LogP contribution in [-0.2, 0) is 13.2 Å². The minimum Gasteiger partial charge on any atom is -0.470 e. The molecule has 1 aromatic carbocycles. The minimum absolute atomic E-state index is 0.241. The van der Waals surface area contributed by atoms with Crippen LogP contribution in [0.5, 0.6) is 5.88 Å². The Morgan fingerprint density at radius 1 is 1.10 bits per heavy atom. The first kappa shape index (κ1) is 19.1. The van der Waals surface area contributed by atoms with Gasteiger partial charge in [0.1, 0.15) is 18.1 Å². The average Bonchev–Trinajstić information content (AvgIpc) is 3.50. The van der Waals surface area contributed by atoms with Crippen LogP contribution in [-0.4, -0.2) is 65.5 Å². The molecule has 0 aliphatic carbocycles. The molecule has 5 aromatic rings. The van der Waals surface area contributed by atoms with Gasteiger partial charge in [-0.3, -0.25) is 4.68 Å². The molecule has 0 saturated carbocycles. The van der Waals surface area contributed by atoms with Gasteiger partial charge in [-0.1, -0.05) is 28.6 Å². The molecule has 11 heteroatoms. The van der Waals surface area contributed by atoms with Crippen LogP contribution >= 0.6 is 0 Å². The molecule has 158 valence electrons. The number of hydrogen-bond donors (Lipinski definition) is 0. The maximum absolute atomic E-state index is 6.06. The summed E-state index contributed by atoms with van der Waals surface area (Å²) in [5.74, 6) is 1.62. The van der Waals surface area contributed by atoms with E-state index in [0.29, 0.717) is 28.8 Å². The summed E-state index contributed by atoms with van der Waals surface area (Å²) in [5.41, 5.74) is 1.90. The standard InChI is InChI=1S/C20H21N9O2/c1-13-10-17(25-31-13)19-23-22-18-15-6-4-5-7-16(15)20(24-29(18)19)30-12-14-11-28(26-21-14)9-8-27(2)3/h4-7,10-11H,8-9,12H2,1-3H3. The van der Waals surface area contributed by atoms with E-state index < -0.39 is 0 Å². The van der Waals surface area contributed by atoms with Crippen molar-refractivity contribution in [1.29, 1.82) is 0 Å². The molecule has 0 amide bonds. The number of fused-ring (bicyclic) bond motifs is 3. The summed E-state index contributed by atoms with van der Waals surface area (Å²) in [6.07, 6.45) is 1.88. The lowest BCUT2D eigenvalue weighted by molar-refractivity contribution is 0.289. The van der Waals surface area contributed by atoms with Crippen LogP contribution in [0.15, 0.2) is 41.1 Å². The first-order valence-corrected chi connectivity index (χ1v) is 9.83. The van der Waals surface area contributed by atoms with Crippen molar-refractivity contribution in [3.63, 3.8) is 0 Å². The van der Waals surface area contributed by atoms with Crippen LogP contribution < -0.4 is 4.74 Å². The largest absolute Gasteiger partial charge is 0.470 e. The lowest BCUT2D eigenvalue weighted by Crippen LogP contribution is -2.18. The zero-order valence-electron chi connectivity index (χ0n) is 17.4. The van der Waals surface area contributed by atoms with E-state index in [-0.39, 0.29) is 6.61 Å². The lowest BCUT2D eigenvalue weighted by atomic mass is 10.2. The number of likely N-dealkylation sites (N-methyl/N-ethyl adjacent to an activating group) is 1. The third kappa shape index (κ3) is 3.70. The maximum Gasteiger partial charge on any atom is 0.240 e. The average molecular weight is 419 g/mol. The van der Waals surface area contributed by atoms with Crippen molar-refractivity contribution in [2.24, 2.45) is 0 Å². The molecule has 4 heterocycles. The molecule has 0 N–H and O–H groups in total. The molecule has 0 atom stereocenters. The number of benzene rings is 1. The minimum atomic E-state index is 0.241. The third-order valence-electron chi connectivity index (χ3n) is 4.81. The molecule has 4 aromatic heterocycles. The van der Waals surface area contributed by atoms with E-state index in [1.165, 1.54) is 0 Å². The molecule has 5 rings (SSSR count). The highest BCUT2D eigenvalue weighted by atomic mass is 16.5. The Labute approximate surface area is 177 Å². The molecule has 0 saturated heterocycles. The maximum atomic E-state index is 6.06. The van der Waals surface area contributed by atoms with Gasteiger partial charge in [0.2, 0.25) is 11.7 Å². The van der Waals surface area contributed by atoms with Crippen molar-refractivity contribution in [2.75, 3.05) is 20.6 Å². The van der Waals surface area contributed by atoms with Gasteiger partial charge in [0.15, 0.2) is 11.3 Å². The molecular weight excluding hydrogens is 398 g/mol. The topological polar surface area (TPSA) is 112 Å². The zero-order valence-corrected chi connectivity index (χ0v) is 17.4. The van der Waals surface area contributed by atoms with Gasteiger partial charge in [-0.05, 0) is 27.1 Å². The van der Waals surface area contributed by atoms with Crippen LogP contribution in [0.3, 0.4) is 0 Å². The monoisotopic (exact) mass is 419 g/mol. The number of ether oxygens (including phenoxy) is 1. The van der Waals surface area contributed by atoms with Crippen LogP contribution in [0, 0.1) is 6.92 Å². The second-order valence-corrected chi connectivity index (χ2v) is 7.50. The Hall–Kier alpha value is -3.86. The molecule has 11 nitrogen and oxygen atoms in total. The van der Waals surface area contributed by atoms with E-state index in [0.717, 1.165) is 29.6 Å². The highest BCUT2D eigenvalue weighted by Gasteiger charge is 2.18. The number of aryl methyl sites for hydroxylation is 1. The van der Waals surface area contributed by atoms with Crippen molar-refractivity contribution < 1.29 is 9.26 Å². The van der Waals surface area contributed by atoms with Crippen LogP contribution in [0.2, 0.25) is 0 Å². The SMILES string of the molecule is Cc1cc(-c2nnc3c4ccccc4c(OCc4cn(CCN(C)C)nn4)nn23)no1. The normalized spacial score (nSPS) is 11.7. The first-order valence-electron chi connectivity index (χ1n) is 9.83. The summed E-state index contributed by atoms with van der Waals surface area (Å²) >= 11 is 0. The Morgan fingerprint density at radius 2 is 1.94 bits per heavy atom. The van der Waals surface area contributed by atoms with Crippen LogP contribution in [0.25, 0.3) is 27.9 Å². The van der Waals surface area contributed by atoms with E-state index in [1.807, 2.05) is 51.5 Å². The molecule has 0 fully saturated rings. The fourth-order valence-corrected chi connectivity index (χ4v) is 3.25. The molecule has 0 bridgehead atoms. The summed E-state index contributed by atoms with van der Waals surface area (Å²) in [6.45, 7) is 3.70. The Morgan fingerprint density at radius 3 is 2.71 bits per heavy atom. The van der Waals surface area contributed by atoms with Gasteiger partial charge in [0, 0.05) is 23.4 Å². The van der Waals surface area contributed by atoms with E-state index in [4.69, 9.17) is 9.26 Å².